The monoisotopic (exact) mass is 558 g/mol. The second-order valence-corrected chi connectivity index (χ2v) is 13.8. The predicted molar refractivity (Wildman–Crippen MR) is 153 cm³/mol. The number of rotatable bonds is 5. The van der Waals surface area contributed by atoms with Gasteiger partial charge in [-0.2, -0.15) is 0 Å². The molecule has 0 aliphatic heterocycles. The van der Waals surface area contributed by atoms with Gasteiger partial charge in [-0.15, -0.1) is 22.7 Å². The van der Waals surface area contributed by atoms with Crippen molar-refractivity contribution in [3.63, 3.8) is 0 Å². The number of fused-ring (bicyclic) bond motifs is 2. The second kappa shape index (κ2) is 9.64. The Hall–Kier alpha value is -2.12. The Balaban J connectivity index is 1.29. The first-order chi connectivity index (χ1) is 17.1. The number of benzene rings is 2. The quantitative estimate of drug-likeness (QED) is 0.259. The van der Waals surface area contributed by atoms with Gasteiger partial charge in [-0.25, -0.2) is 0 Å². The summed E-state index contributed by atoms with van der Waals surface area (Å²) in [6.07, 6.45) is 2.58. The number of nitrogens with one attached hydrogen (secondary N) is 2. The fourth-order valence-electron chi connectivity index (χ4n) is 5.82. The van der Waals surface area contributed by atoms with Gasteiger partial charge in [0, 0.05) is 32.8 Å². The van der Waals surface area contributed by atoms with Crippen molar-refractivity contribution in [3.8, 4) is 0 Å². The Morgan fingerprint density at radius 1 is 0.861 bits per heavy atom. The normalized spacial score (nSPS) is 21.5. The highest BCUT2D eigenvalue weighted by atomic mass is 35.5. The molecule has 8 heteroatoms. The van der Waals surface area contributed by atoms with Crippen molar-refractivity contribution < 1.29 is 9.59 Å². The molecule has 0 spiro atoms. The molecule has 2 heterocycles. The van der Waals surface area contributed by atoms with Gasteiger partial charge in [-0.05, 0) is 42.2 Å². The van der Waals surface area contributed by atoms with E-state index < -0.39 is 0 Å². The van der Waals surface area contributed by atoms with Crippen molar-refractivity contribution in [3.05, 3.63) is 68.3 Å². The van der Waals surface area contributed by atoms with Crippen molar-refractivity contribution in [1.82, 2.24) is 10.6 Å². The van der Waals surface area contributed by atoms with Crippen LogP contribution in [0.25, 0.3) is 20.2 Å². The molecule has 4 aromatic rings. The standard InChI is InChI=1S/C28H28Cl2N2O2S2/c1-27(2)12-16(32-26(34)24-22(30)18-9-5-7-11-20(18)36-24)13-28(3,14-27)15-31-25(33)23-21(29)17-8-4-6-10-19(17)35-23/h4-11,16H,12-15H2,1-3H3,(H,31,33)(H,32,34)/t16-,28-/m0/s1. The average molecular weight is 560 g/mol. The Morgan fingerprint density at radius 3 is 1.94 bits per heavy atom. The molecular weight excluding hydrogens is 531 g/mol. The van der Waals surface area contributed by atoms with Crippen LogP contribution < -0.4 is 10.6 Å². The molecule has 2 aromatic heterocycles. The number of hydrogen-bond donors (Lipinski definition) is 2. The van der Waals surface area contributed by atoms with Crippen LogP contribution in [0, 0.1) is 10.8 Å². The van der Waals surface area contributed by atoms with Gasteiger partial charge < -0.3 is 10.6 Å². The number of carbonyl (C=O) groups is 2. The zero-order valence-corrected chi connectivity index (χ0v) is 23.6. The summed E-state index contributed by atoms with van der Waals surface area (Å²) in [5, 5.41) is 9.22. The van der Waals surface area contributed by atoms with Crippen LogP contribution in [0.5, 0.6) is 0 Å². The molecule has 0 saturated heterocycles. The highest BCUT2D eigenvalue weighted by Crippen LogP contribution is 2.46. The van der Waals surface area contributed by atoms with Gasteiger partial charge >= 0.3 is 0 Å². The summed E-state index contributed by atoms with van der Waals surface area (Å²) in [7, 11) is 0. The van der Waals surface area contributed by atoms with E-state index in [-0.39, 0.29) is 28.7 Å². The zero-order valence-electron chi connectivity index (χ0n) is 20.4. The predicted octanol–water partition coefficient (Wildman–Crippen LogP) is 8.17. The SMILES string of the molecule is CC1(C)C[C@H](NC(=O)c2sc3ccccc3c2Cl)C[C@](C)(CNC(=O)c2sc3ccccc3c2Cl)C1. The molecule has 36 heavy (non-hydrogen) atoms. The Kier molecular flexibility index (Phi) is 6.83. The molecule has 1 saturated carbocycles. The summed E-state index contributed by atoms with van der Waals surface area (Å²) < 4.78 is 2.00. The van der Waals surface area contributed by atoms with Gasteiger partial charge in [-0.3, -0.25) is 9.59 Å². The molecule has 0 unspecified atom stereocenters. The molecular formula is C28H28Cl2N2O2S2. The van der Waals surface area contributed by atoms with Crippen LogP contribution in [0.15, 0.2) is 48.5 Å². The van der Waals surface area contributed by atoms with Crippen molar-refractivity contribution >= 4 is 77.9 Å². The van der Waals surface area contributed by atoms with Gasteiger partial charge in [0.1, 0.15) is 9.75 Å². The fraction of sp³-hybridized carbons (Fsp3) is 0.357. The van der Waals surface area contributed by atoms with E-state index in [2.05, 4.69) is 31.4 Å². The smallest absolute Gasteiger partial charge is 0.263 e. The van der Waals surface area contributed by atoms with Crippen molar-refractivity contribution in [2.45, 2.75) is 46.1 Å². The largest absolute Gasteiger partial charge is 0.351 e. The van der Waals surface area contributed by atoms with Crippen molar-refractivity contribution in [2.75, 3.05) is 6.54 Å². The maximum absolute atomic E-state index is 13.2. The lowest BCUT2D eigenvalue weighted by Gasteiger charge is -2.47. The first kappa shape index (κ1) is 25.5. The fourth-order valence-corrected chi connectivity index (χ4v) is 8.67. The van der Waals surface area contributed by atoms with Crippen LogP contribution in [-0.4, -0.2) is 24.4 Å². The van der Waals surface area contributed by atoms with Crippen LogP contribution in [-0.2, 0) is 0 Å². The molecule has 0 radical (unpaired) electrons. The number of amides is 2. The minimum atomic E-state index is -0.178. The minimum absolute atomic E-state index is 0.00882. The number of halogens is 2. The van der Waals surface area contributed by atoms with E-state index in [9.17, 15) is 9.59 Å². The summed E-state index contributed by atoms with van der Waals surface area (Å²) >= 11 is 15.9. The summed E-state index contributed by atoms with van der Waals surface area (Å²) in [6, 6.07) is 15.6. The summed E-state index contributed by atoms with van der Waals surface area (Å²) in [6.45, 7) is 7.14. The number of thiophene rings is 2. The molecule has 188 valence electrons. The Labute approximate surface area is 229 Å². The van der Waals surface area contributed by atoms with E-state index in [1.54, 1.807) is 0 Å². The van der Waals surface area contributed by atoms with Crippen molar-refractivity contribution in [2.24, 2.45) is 10.8 Å². The van der Waals surface area contributed by atoms with Gasteiger partial charge in [0.15, 0.2) is 0 Å². The summed E-state index contributed by atoms with van der Waals surface area (Å²) in [5.74, 6) is -0.282. The highest BCUT2D eigenvalue weighted by molar-refractivity contribution is 7.22. The molecule has 2 N–H and O–H groups in total. The molecule has 1 fully saturated rings. The molecule has 1 aliphatic carbocycles. The Morgan fingerprint density at radius 2 is 1.39 bits per heavy atom. The second-order valence-electron chi connectivity index (χ2n) is 10.9. The van der Waals surface area contributed by atoms with Crippen LogP contribution in [0.2, 0.25) is 10.0 Å². The van der Waals surface area contributed by atoms with Crippen LogP contribution in [0.3, 0.4) is 0 Å². The third-order valence-electron chi connectivity index (χ3n) is 6.94. The zero-order chi connectivity index (χ0) is 25.7. The van der Waals surface area contributed by atoms with E-state index in [1.165, 1.54) is 22.7 Å². The van der Waals surface area contributed by atoms with E-state index in [0.29, 0.717) is 26.3 Å². The van der Waals surface area contributed by atoms with Gasteiger partial charge in [-0.1, -0.05) is 80.4 Å². The molecule has 4 nitrogen and oxygen atoms in total. The molecule has 1 aliphatic rings. The van der Waals surface area contributed by atoms with E-state index in [0.717, 1.165) is 39.4 Å². The molecule has 5 rings (SSSR count). The van der Waals surface area contributed by atoms with Gasteiger partial charge in [0.2, 0.25) is 0 Å². The highest BCUT2D eigenvalue weighted by Gasteiger charge is 2.42. The summed E-state index contributed by atoms with van der Waals surface area (Å²) in [5.41, 5.74) is -0.169. The lowest BCUT2D eigenvalue weighted by Crippen LogP contribution is -2.50. The number of hydrogen-bond acceptors (Lipinski definition) is 4. The topological polar surface area (TPSA) is 58.2 Å². The third kappa shape index (κ3) is 5.01. The van der Waals surface area contributed by atoms with Crippen LogP contribution in [0.1, 0.15) is 59.4 Å². The van der Waals surface area contributed by atoms with Crippen LogP contribution in [0.4, 0.5) is 0 Å². The van der Waals surface area contributed by atoms with Gasteiger partial charge in [0.05, 0.1) is 10.0 Å². The number of carbonyl (C=O) groups excluding carboxylic acids is 2. The minimum Gasteiger partial charge on any atom is -0.351 e. The maximum Gasteiger partial charge on any atom is 0.263 e. The maximum atomic E-state index is 13.2. The van der Waals surface area contributed by atoms with Gasteiger partial charge in [0.25, 0.3) is 11.8 Å². The third-order valence-corrected chi connectivity index (χ3v) is 10.3. The molecule has 0 bridgehead atoms. The van der Waals surface area contributed by atoms with E-state index in [1.807, 2.05) is 48.5 Å². The Bertz CT molecular complexity index is 1480. The van der Waals surface area contributed by atoms with Crippen LogP contribution >= 0.6 is 45.9 Å². The molecule has 2 atom stereocenters. The first-order valence-corrected chi connectivity index (χ1v) is 14.4. The lowest BCUT2D eigenvalue weighted by atomic mass is 9.62. The van der Waals surface area contributed by atoms with E-state index in [4.69, 9.17) is 23.2 Å². The lowest BCUT2D eigenvalue weighted by molar-refractivity contribution is 0.0594. The van der Waals surface area contributed by atoms with E-state index >= 15 is 0 Å². The molecule has 2 aromatic carbocycles. The molecule has 2 amide bonds. The average Bonchev–Trinajstić information content (AvgIpc) is 3.34. The first-order valence-electron chi connectivity index (χ1n) is 12.0. The summed E-state index contributed by atoms with van der Waals surface area (Å²) in [4.78, 5) is 27.4. The van der Waals surface area contributed by atoms with Crippen molar-refractivity contribution in [1.29, 1.82) is 0 Å².